The van der Waals surface area contributed by atoms with Crippen LogP contribution in [-0.4, -0.2) is 60.9 Å². The van der Waals surface area contributed by atoms with Crippen LogP contribution < -0.4 is 20.1 Å². The summed E-state index contributed by atoms with van der Waals surface area (Å²) in [5, 5.41) is 25.4. The van der Waals surface area contributed by atoms with Crippen LogP contribution in [0.3, 0.4) is 0 Å². The van der Waals surface area contributed by atoms with Gasteiger partial charge in [0.15, 0.2) is 0 Å². The maximum atomic E-state index is 13.6. The number of nitrogens with zero attached hydrogens (tertiary/aromatic N) is 1. The molecule has 0 spiro atoms. The standard InChI is InChI=1S/C30H39N3O7/c1-29(9-4-10-29)16-32-27(35)24-20-5-6-21(40-20)25(24)33-26(34)19-14-22(17(15-31)13-23(19)38-3)39-18-7-11-30(2,12-8-18)28(36)37/h13-14,18,20-21,24-25H,4-12,16H2,1-3H3,(H,32,35)(H,33,34)(H,36,37)/t18?,20-,21+,24+,25-,30?/m1/s1. The fraction of sp³-hybridized carbons (Fsp3) is 0.667. The second-order valence-corrected chi connectivity index (χ2v) is 12.5. The highest BCUT2D eigenvalue weighted by Gasteiger charge is 2.53. The quantitative estimate of drug-likeness (QED) is 0.421. The smallest absolute Gasteiger partial charge is 0.309 e. The molecule has 0 aromatic heterocycles. The molecule has 1 aromatic rings. The molecule has 1 aromatic carbocycles. The highest BCUT2D eigenvalue weighted by atomic mass is 16.5. The van der Waals surface area contributed by atoms with Crippen molar-refractivity contribution in [2.24, 2.45) is 16.7 Å². The number of carbonyl (C=O) groups is 3. The van der Waals surface area contributed by atoms with Crippen molar-refractivity contribution in [2.45, 2.75) is 96.0 Å². The zero-order valence-corrected chi connectivity index (χ0v) is 23.5. The van der Waals surface area contributed by atoms with Crippen LogP contribution >= 0.6 is 0 Å². The van der Waals surface area contributed by atoms with E-state index < -0.39 is 29.3 Å². The van der Waals surface area contributed by atoms with Gasteiger partial charge in [-0.2, -0.15) is 5.26 Å². The van der Waals surface area contributed by atoms with E-state index in [1.54, 1.807) is 6.92 Å². The molecule has 2 saturated carbocycles. The number of hydrogen-bond acceptors (Lipinski definition) is 7. The van der Waals surface area contributed by atoms with Gasteiger partial charge in [0.1, 0.15) is 17.6 Å². The molecule has 2 aliphatic heterocycles. The predicted octanol–water partition coefficient (Wildman–Crippen LogP) is 3.56. The fourth-order valence-corrected chi connectivity index (χ4v) is 6.63. The summed E-state index contributed by atoms with van der Waals surface area (Å²) in [5.74, 6) is -1.33. The zero-order chi connectivity index (χ0) is 28.7. The molecule has 10 nitrogen and oxygen atoms in total. The lowest BCUT2D eigenvalue weighted by atomic mass is 9.70. The Kier molecular flexibility index (Phi) is 7.71. The van der Waals surface area contributed by atoms with Crippen LogP contribution in [-0.2, 0) is 14.3 Å². The Morgan fingerprint density at radius 1 is 1.07 bits per heavy atom. The van der Waals surface area contributed by atoms with Crippen LogP contribution in [0.5, 0.6) is 11.5 Å². The number of nitrogens with one attached hydrogen (secondary N) is 2. The minimum atomic E-state index is -0.819. The third-order valence-corrected chi connectivity index (χ3v) is 9.64. The van der Waals surface area contributed by atoms with Crippen molar-refractivity contribution in [3.63, 3.8) is 0 Å². The van der Waals surface area contributed by atoms with Gasteiger partial charge < -0.3 is 30.0 Å². The van der Waals surface area contributed by atoms with Crippen LogP contribution in [0.4, 0.5) is 0 Å². The molecular formula is C30H39N3O7. The Morgan fingerprint density at radius 2 is 1.77 bits per heavy atom. The number of amides is 2. The molecule has 4 aliphatic rings. The first-order valence-corrected chi connectivity index (χ1v) is 14.3. The second kappa shape index (κ2) is 10.9. The normalized spacial score (nSPS) is 31.9. The van der Waals surface area contributed by atoms with Crippen molar-refractivity contribution in [3.05, 3.63) is 23.3 Å². The summed E-state index contributed by atoms with van der Waals surface area (Å²) in [6.45, 7) is 4.54. The molecule has 4 fully saturated rings. The van der Waals surface area contributed by atoms with Crippen molar-refractivity contribution in [3.8, 4) is 17.6 Å². The van der Waals surface area contributed by atoms with Crippen LogP contribution in [0.25, 0.3) is 0 Å². The van der Waals surface area contributed by atoms with E-state index in [1.807, 2.05) is 0 Å². The lowest BCUT2D eigenvalue weighted by molar-refractivity contribution is -0.150. The molecule has 2 saturated heterocycles. The van der Waals surface area contributed by atoms with Gasteiger partial charge in [-0.1, -0.05) is 13.3 Å². The third-order valence-electron chi connectivity index (χ3n) is 9.64. The number of hydrogen-bond donors (Lipinski definition) is 3. The SMILES string of the molecule is COc1cc(C#N)c(OC2CCC(C)(C(=O)O)CC2)cc1C(=O)N[C@H]1[C@@H](C(=O)NCC2(C)CCC2)[C@H]2CC[C@@H]1O2. The number of fused-ring (bicyclic) bond motifs is 2. The van der Waals surface area contributed by atoms with Gasteiger partial charge in [-0.3, -0.25) is 14.4 Å². The van der Waals surface area contributed by atoms with E-state index in [2.05, 4.69) is 23.6 Å². The predicted molar refractivity (Wildman–Crippen MR) is 144 cm³/mol. The van der Waals surface area contributed by atoms with Gasteiger partial charge in [0.05, 0.1) is 53.9 Å². The van der Waals surface area contributed by atoms with Gasteiger partial charge >= 0.3 is 5.97 Å². The Hall–Kier alpha value is -3.32. The number of benzene rings is 1. The Labute approximate surface area is 234 Å². The summed E-state index contributed by atoms with van der Waals surface area (Å²) < 4.78 is 17.7. The van der Waals surface area contributed by atoms with E-state index in [4.69, 9.17) is 14.2 Å². The molecule has 216 valence electrons. The molecule has 0 unspecified atom stereocenters. The summed E-state index contributed by atoms with van der Waals surface area (Å²) in [7, 11) is 1.43. The first-order valence-electron chi connectivity index (χ1n) is 14.3. The lowest BCUT2D eigenvalue weighted by Gasteiger charge is -2.39. The molecular weight excluding hydrogens is 514 g/mol. The van der Waals surface area contributed by atoms with Crippen molar-refractivity contribution in [1.82, 2.24) is 10.6 Å². The number of carboxylic acid groups (broad SMARTS) is 1. The number of carboxylic acids is 1. The molecule has 2 bridgehead atoms. The van der Waals surface area contributed by atoms with E-state index >= 15 is 0 Å². The maximum Gasteiger partial charge on any atom is 0.309 e. The van der Waals surface area contributed by atoms with Crippen LogP contribution in [0, 0.1) is 28.1 Å². The number of carbonyl (C=O) groups excluding carboxylic acids is 2. The Balaban J connectivity index is 1.31. The highest BCUT2D eigenvalue weighted by Crippen LogP contribution is 2.42. The van der Waals surface area contributed by atoms with Gasteiger partial charge in [-0.25, -0.2) is 0 Å². The van der Waals surface area contributed by atoms with Gasteiger partial charge in [0, 0.05) is 12.6 Å². The number of nitriles is 1. The minimum absolute atomic E-state index is 0.0906. The number of methoxy groups -OCH3 is 1. The molecule has 10 heteroatoms. The number of ether oxygens (including phenoxy) is 3. The summed E-state index contributed by atoms with van der Waals surface area (Å²) in [5.41, 5.74) is -0.218. The molecule has 2 amide bonds. The minimum Gasteiger partial charge on any atom is -0.496 e. The van der Waals surface area contributed by atoms with Crippen molar-refractivity contribution in [1.29, 1.82) is 5.26 Å². The van der Waals surface area contributed by atoms with Gasteiger partial charge in [-0.05, 0) is 69.8 Å². The first kappa shape index (κ1) is 28.2. The van der Waals surface area contributed by atoms with Gasteiger partial charge in [0.25, 0.3) is 5.91 Å². The first-order chi connectivity index (χ1) is 19.1. The van der Waals surface area contributed by atoms with Crippen LogP contribution in [0.15, 0.2) is 12.1 Å². The van der Waals surface area contributed by atoms with Gasteiger partial charge in [0.2, 0.25) is 5.91 Å². The third kappa shape index (κ3) is 5.36. The summed E-state index contributed by atoms with van der Waals surface area (Å²) >= 11 is 0. The van der Waals surface area contributed by atoms with Crippen LogP contribution in [0.2, 0.25) is 0 Å². The topological polar surface area (TPSA) is 147 Å². The van der Waals surface area contributed by atoms with Crippen molar-refractivity contribution in [2.75, 3.05) is 13.7 Å². The molecule has 0 radical (unpaired) electrons. The zero-order valence-electron chi connectivity index (χ0n) is 23.5. The summed E-state index contributed by atoms with van der Waals surface area (Å²) in [4.78, 5) is 38.5. The average Bonchev–Trinajstić information content (AvgIpc) is 3.53. The fourth-order valence-electron chi connectivity index (χ4n) is 6.63. The van der Waals surface area contributed by atoms with Crippen LogP contribution in [0.1, 0.15) is 87.6 Å². The van der Waals surface area contributed by atoms with Crippen molar-refractivity contribution >= 4 is 17.8 Å². The second-order valence-electron chi connectivity index (χ2n) is 12.5. The largest absolute Gasteiger partial charge is 0.496 e. The molecule has 40 heavy (non-hydrogen) atoms. The molecule has 2 aliphatic carbocycles. The Bertz CT molecular complexity index is 1210. The average molecular weight is 554 g/mol. The van der Waals surface area contributed by atoms with E-state index in [1.165, 1.54) is 25.7 Å². The molecule has 3 N–H and O–H groups in total. The van der Waals surface area contributed by atoms with Gasteiger partial charge in [-0.15, -0.1) is 0 Å². The monoisotopic (exact) mass is 553 g/mol. The molecule has 5 rings (SSSR count). The number of rotatable bonds is 9. The molecule has 4 atom stereocenters. The number of aliphatic carboxylic acids is 1. The van der Waals surface area contributed by atoms with E-state index in [9.17, 15) is 24.8 Å². The maximum absolute atomic E-state index is 13.6. The van der Waals surface area contributed by atoms with E-state index in [-0.39, 0.29) is 52.3 Å². The highest BCUT2D eigenvalue weighted by molar-refractivity contribution is 5.98. The van der Waals surface area contributed by atoms with E-state index in [0.29, 0.717) is 32.2 Å². The van der Waals surface area contributed by atoms with Crippen molar-refractivity contribution < 1.29 is 33.7 Å². The Morgan fingerprint density at radius 3 is 2.38 bits per heavy atom. The van der Waals surface area contributed by atoms with E-state index in [0.717, 1.165) is 25.7 Å². The summed E-state index contributed by atoms with van der Waals surface area (Å²) in [6.07, 6.45) is 6.18. The summed E-state index contributed by atoms with van der Waals surface area (Å²) in [6, 6.07) is 4.63. The molecule has 2 heterocycles. The lowest BCUT2D eigenvalue weighted by Crippen LogP contribution is -2.53.